The molecule has 8 heteroatoms. The second-order valence-corrected chi connectivity index (χ2v) is 6.55. The first-order valence-corrected chi connectivity index (χ1v) is 8.96. The molecule has 0 saturated heterocycles. The van der Waals surface area contributed by atoms with Gasteiger partial charge in [0, 0.05) is 23.3 Å². The molecule has 0 radical (unpaired) electrons. The highest BCUT2D eigenvalue weighted by Gasteiger charge is 2.29. The number of nitrogens with zero attached hydrogens (tertiary/aromatic N) is 1. The number of aromatic hydroxyl groups is 2. The lowest BCUT2D eigenvalue weighted by atomic mass is 10.1. The fourth-order valence-electron chi connectivity index (χ4n) is 3.16. The zero-order chi connectivity index (χ0) is 21.3. The first-order chi connectivity index (χ1) is 14.5. The van der Waals surface area contributed by atoms with Gasteiger partial charge in [-0.05, 0) is 17.7 Å². The molecule has 0 fully saturated rings. The summed E-state index contributed by atoms with van der Waals surface area (Å²) in [6.07, 6.45) is 0.548. The van der Waals surface area contributed by atoms with E-state index >= 15 is 0 Å². The number of carbonyl (C=O) groups excluding carboxylic acids is 3. The van der Waals surface area contributed by atoms with Crippen molar-refractivity contribution in [2.24, 2.45) is 0 Å². The quantitative estimate of drug-likeness (QED) is 0.349. The van der Waals surface area contributed by atoms with Gasteiger partial charge in [-0.3, -0.25) is 19.2 Å². The van der Waals surface area contributed by atoms with Gasteiger partial charge in [0.1, 0.15) is 23.8 Å². The Morgan fingerprint density at radius 3 is 2.57 bits per heavy atom. The SMILES string of the molecule is O=Cc1ccccc1C(=O)Nc1cc(O)c(N2OCc3ccccc3C2=O)cc1O. The molecular formula is C22H16N2O6. The van der Waals surface area contributed by atoms with Crippen LogP contribution in [-0.2, 0) is 11.4 Å². The highest BCUT2D eigenvalue weighted by Crippen LogP contribution is 2.39. The van der Waals surface area contributed by atoms with Crippen LogP contribution in [0.5, 0.6) is 11.5 Å². The van der Waals surface area contributed by atoms with Gasteiger partial charge in [0.05, 0.1) is 11.3 Å². The van der Waals surface area contributed by atoms with Gasteiger partial charge in [-0.15, -0.1) is 0 Å². The molecule has 3 aromatic carbocycles. The van der Waals surface area contributed by atoms with Gasteiger partial charge in [0.15, 0.2) is 6.29 Å². The van der Waals surface area contributed by atoms with Crippen molar-refractivity contribution < 1.29 is 29.4 Å². The third kappa shape index (κ3) is 3.36. The molecule has 0 atom stereocenters. The van der Waals surface area contributed by atoms with E-state index in [2.05, 4.69) is 5.32 Å². The largest absolute Gasteiger partial charge is 0.506 e. The molecule has 1 aliphatic heterocycles. The standard InChI is InChI=1S/C22H16N2O6/c25-11-13-5-1-3-7-15(13)21(28)23-17-9-20(27)18(10-19(17)26)24-22(29)16-8-4-2-6-14(16)12-30-24/h1-11,26-27H,12H2,(H,23,28). The zero-order valence-corrected chi connectivity index (χ0v) is 15.5. The average molecular weight is 404 g/mol. The second-order valence-electron chi connectivity index (χ2n) is 6.55. The molecule has 30 heavy (non-hydrogen) atoms. The summed E-state index contributed by atoms with van der Waals surface area (Å²) in [5.74, 6) is -1.92. The molecule has 0 aromatic heterocycles. The summed E-state index contributed by atoms with van der Waals surface area (Å²) in [5, 5.41) is 24.1. The van der Waals surface area contributed by atoms with Gasteiger partial charge in [-0.25, -0.2) is 0 Å². The number of hydrogen-bond donors (Lipinski definition) is 3. The van der Waals surface area contributed by atoms with Gasteiger partial charge in [0.2, 0.25) is 0 Å². The number of benzene rings is 3. The minimum absolute atomic E-state index is 0.0710. The number of phenolic OH excluding ortho intramolecular Hbond substituents is 2. The van der Waals surface area contributed by atoms with E-state index < -0.39 is 17.6 Å². The Bertz CT molecular complexity index is 1170. The minimum atomic E-state index is -0.639. The topological polar surface area (TPSA) is 116 Å². The van der Waals surface area contributed by atoms with Crippen LogP contribution in [0.1, 0.15) is 36.6 Å². The van der Waals surface area contributed by atoms with Crippen LogP contribution in [0.4, 0.5) is 11.4 Å². The van der Waals surface area contributed by atoms with E-state index in [1.807, 2.05) is 0 Å². The number of aldehydes is 1. The Morgan fingerprint density at radius 2 is 1.77 bits per heavy atom. The van der Waals surface area contributed by atoms with Crippen LogP contribution in [0.25, 0.3) is 0 Å². The van der Waals surface area contributed by atoms with Crippen LogP contribution < -0.4 is 10.4 Å². The number of rotatable bonds is 4. The normalized spacial score (nSPS) is 12.9. The summed E-state index contributed by atoms with van der Waals surface area (Å²) in [5.41, 5.74) is 1.26. The number of fused-ring (bicyclic) bond motifs is 1. The Labute approximate surface area is 170 Å². The molecule has 1 aliphatic rings. The van der Waals surface area contributed by atoms with E-state index in [1.165, 1.54) is 12.1 Å². The molecule has 0 aliphatic carbocycles. The first kappa shape index (κ1) is 19.2. The summed E-state index contributed by atoms with van der Waals surface area (Å²) in [6, 6.07) is 15.3. The van der Waals surface area contributed by atoms with Crippen molar-refractivity contribution in [3.05, 3.63) is 82.9 Å². The summed E-state index contributed by atoms with van der Waals surface area (Å²) in [6.45, 7) is 0.114. The molecule has 4 rings (SSSR count). The molecule has 8 nitrogen and oxygen atoms in total. The Kier molecular flexibility index (Phi) is 4.91. The monoisotopic (exact) mass is 404 g/mol. The van der Waals surface area contributed by atoms with E-state index in [1.54, 1.807) is 36.4 Å². The number of anilines is 2. The van der Waals surface area contributed by atoms with E-state index in [4.69, 9.17) is 4.84 Å². The second kappa shape index (κ2) is 7.69. The summed E-state index contributed by atoms with van der Waals surface area (Å²) >= 11 is 0. The Morgan fingerprint density at radius 1 is 1.03 bits per heavy atom. The first-order valence-electron chi connectivity index (χ1n) is 8.96. The molecule has 150 valence electrons. The maximum atomic E-state index is 12.7. The predicted molar refractivity (Wildman–Crippen MR) is 108 cm³/mol. The predicted octanol–water partition coefficient (Wildman–Crippen LogP) is 3.25. The van der Waals surface area contributed by atoms with Crippen molar-refractivity contribution >= 4 is 29.5 Å². The van der Waals surface area contributed by atoms with Gasteiger partial charge < -0.3 is 15.5 Å². The van der Waals surface area contributed by atoms with E-state index in [0.29, 0.717) is 17.4 Å². The Balaban J connectivity index is 1.62. The third-order valence-corrected chi connectivity index (χ3v) is 4.67. The van der Waals surface area contributed by atoms with Gasteiger partial charge in [0.25, 0.3) is 11.8 Å². The smallest absolute Gasteiger partial charge is 0.282 e. The van der Waals surface area contributed by atoms with E-state index in [-0.39, 0.29) is 34.9 Å². The summed E-state index contributed by atoms with van der Waals surface area (Å²) in [4.78, 5) is 41.8. The maximum Gasteiger partial charge on any atom is 0.282 e. The van der Waals surface area contributed by atoms with Crippen molar-refractivity contribution in [3.63, 3.8) is 0 Å². The summed E-state index contributed by atoms with van der Waals surface area (Å²) < 4.78 is 0. The van der Waals surface area contributed by atoms with Gasteiger partial charge >= 0.3 is 0 Å². The fourth-order valence-corrected chi connectivity index (χ4v) is 3.16. The number of hydrogen-bond acceptors (Lipinski definition) is 6. The van der Waals surface area contributed by atoms with Crippen LogP contribution >= 0.6 is 0 Å². The number of phenols is 2. The lowest BCUT2D eigenvalue weighted by Crippen LogP contribution is -2.35. The van der Waals surface area contributed by atoms with Crippen molar-refractivity contribution in [3.8, 4) is 11.5 Å². The fraction of sp³-hybridized carbons (Fsp3) is 0.0455. The lowest BCUT2D eigenvalue weighted by molar-refractivity contribution is 0.0525. The number of carbonyl (C=O) groups is 3. The van der Waals surface area contributed by atoms with E-state index in [0.717, 1.165) is 17.2 Å². The van der Waals surface area contributed by atoms with Crippen molar-refractivity contribution in [1.82, 2.24) is 0 Å². The van der Waals surface area contributed by atoms with Crippen LogP contribution in [-0.4, -0.2) is 28.3 Å². The molecule has 3 aromatic rings. The molecule has 3 N–H and O–H groups in total. The van der Waals surface area contributed by atoms with Crippen molar-refractivity contribution in [1.29, 1.82) is 0 Å². The van der Waals surface area contributed by atoms with Crippen molar-refractivity contribution in [2.75, 3.05) is 10.4 Å². The average Bonchev–Trinajstić information content (AvgIpc) is 2.76. The summed E-state index contributed by atoms with van der Waals surface area (Å²) in [7, 11) is 0. The lowest BCUT2D eigenvalue weighted by Gasteiger charge is -2.28. The number of hydroxylamine groups is 1. The van der Waals surface area contributed by atoms with Crippen molar-refractivity contribution in [2.45, 2.75) is 6.61 Å². The van der Waals surface area contributed by atoms with Crippen LogP contribution in [0, 0.1) is 0 Å². The molecule has 0 bridgehead atoms. The maximum absolute atomic E-state index is 12.7. The molecule has 0 saturated carbocycles. The third-order valence-electron chi connectivity index (χ3n) is 4.67. The molecular weight excluding hydrogens is 388 g/mol. The highest BCUT2D eigenvalue weighted by molar-refractivity contribution is 6.10. The van der Waals surface area contributed by atoms with Crippen LogP contribution in [0.2, 0.25) is 0 Å². The minimum Gasteiger partial charge on any atom is -0.506 e. The van der Waals surface area contributed by atoms with Crippen LogP contribution in [0.3, 0.4) is 0 Å². The van der Waals surface area contributed by atoms with E-state index in [9.17, 15) is 24.6 Å². The molecule has 1 heterocycles. The molecule has 0 spiro atoms. The van der Waals surface area contributed by atoms with Gasteiger partial charge in [-0.2, -0.15) is 5.06 Å². The Hall–Kier alpha value is -4.17. The number of amides is 2. The van der Waals surface area contributed by atoms with Crippen LogP contribution in [0.15, 0.2) is 60.7 Å². The molecule has 0 unspecified atom stereocenters. The zero-order valence-electron chi connectivity index (χ0n) is 15.5. The number of nitrogens with one attached hydrogen (secondary N) is 1. The van der Waals surface area contributed by atoms with Gasteiger partial charge in [-0.1, -0.05) is 36.4 Å². The highest BCUT2D eigenvalue weighted by atomic mass is 16.7. The molecule has 2 amide bonds.